The van der Waals surface area contributed by atoms with Gasteiger partial charge in [-0.05, 0) is 51.8 Å². The van der Waals surface area contributed by atoms with Gasteiger partial charge in [-0.15, -0.1) is 11.3 Å². The van der Waals surface area contributed by atoms with E-state index in [1.165, 1.54) is 0 Å². The van der Waals surface area contributed by atoms with E-state index in [9.17, 15) is 9.59 Å². The normalized spacial score (nSPS) is 21.3. The molecule has 5 heterocycles. The molecule has 0 saturated carbocycles. The van der Waals surface area contributed by atoms with Crippen molar-refractivity contribution in [3.05, 3.63) is 49.3 Å². The SMILES string of the molecule is Cc1cc(C(=O)N2CCc3nc(C4CCN(C5CCOCC5)CC4)[nH]c(=O)c3C2)cs1. The fourth-order valence-corrected chi connectivity index (χ4v) is 5.81. The molecule has 3 aliphatic heterocycles. The third-order valence-electron chi connectivity index (χ3n) is 6.98. The zero-order chi connectivity index (χ0) is 21.4. The third kappa shape index (κ3) is 4.33. The van der Waals surface area contributed by atoms with Gasteiger partial charge in [-0.1, -0.05) is 0 Å². The summed E-state index contributed by atoms with van der Waals surface area (Å²) in [5.74, 6) is 1.14. The van der Waals surface area contributed by atoms with E-state index in [2.05, 4.69) is 9.88 Å². The summed E-state index contributed by atoms with van der Waals surface area (Å²) >= 11 is 1.57. The molecule has 3 aliphatic rings. The molecular weight excluding hydrogens is 412 g/mol. The summed E-state index contributed by atoms with van der Waals surface area (Å²) < 4.78 is 5.50. The lowest BCUT2D eigenvalue weighted by atomic mass is 9.93. The van der Waals surface area contributed by atoms with Gasteiger partial charge in [-0.25, -0.2) is 4.98 Å². The fourth-order valence-electron chi connectivity index (χ4n) is 5.14. The maximum Gasteiger partial charge on any atom is 0.256 e. The maximum atomic E-state index is 12.9. The highest BCUT2D eigenvalue weighted by atomic mass is 32.1. The predicted octanol–water partition coefficient (Wildman–Crippen LogP) is 2.70. The molecular formula is C23H30N4O3S. The monoisotopic (exact) mass is 442 g/mol. The molecule has 5 rings (SSSR count). The molecule has 2 aromatic heterocycles. The van der Waals surface area contributed by atoms with Crippen molar-refractivity contribution in [2.45, 2.75) is 57.5 Å². The number of thiophene rings is 1. The van der Waals surface area contributed by atoms with Gasteiger partial charge >= 0.3 is 0 Å². The number of fused-ring (bicyclic) bond motifs is 1. The molecule has 0 atom stereocenters. The van der Waals surface area contributed by atoms with E-state index in [0.717, 1.165) is 68.4 Å². The molecule has 2 saturated heterocycles. The van der Waals surface area contributed by atoms with E-state index in [-0.39, 0.29) is 11.5 Å². The molecule has 0 unspecified atom stereocenters. The standard InChI is InChI=1S/C23H30N4O3S/c1-15-12-17(14-31-15)23(29)27-9-4-20-19(13-27)22(28)25-21(24-20)16-2-7-26(8-3-16)18-5-10-30-11-6-18/h12,14,16,18H,2-11,13H2,1H3,(H,24,25,28). The predicted molar refractivity (Wildman–Crippen MR) is 120 cm³/mol. The number of carbonyl (C=O) groups is 1. The second kappa shape index (κ2) is 8.84. The van der Waals surface area contributed by atoms with Crippen molar-refractivity contribution < 1.29 is 9.53 Å². The number of amides is 1. The lowest BCUT2D eigenvalue weighted by molar-refractivity contribution is 0.0248. The summed E-state index contributed by atoms with van der Waals surface area (Å²) in [6, 6.07) is 2.56. The van der Waals surface area contributed by atoms with Crippen molar-refractivity contribution in [1.29, 1.82) is 0 Å². The van der Waals surface area contributed by atoms with Crippen molar-refractivity contribution >= 4 is 17.2 Å². The number of H-pyrrole nitrogens is 1. The number of aromatic nitrogens is 2. The molecule has 0 aliphatic carbocycles. The first-order valence-corrected chi connectivity index (χ1v) is 12.2. The number of nitrogens with zero attached hydrogens (tertiary/aromatic N) is 3. The Morgan fingerprint density at radius 3 is 2.68 bits per heavy atom. The fraction of sp³-hybridized carbons (Fsp3) is 0.609. The Bertz CT molecular complexity index is 1000. The summed E-state index contributed by atoms with van der Waals surface area (Å²) in [4.78, 5) is 39.1. The van der Waals surface area contributed by atoms with Crippen molar-refractivity contribution in [3.8, 4) is 0 Å². The second-order valence-electron chi connectivity index (χ2n) is 8.95. The van der Waals surface area contributed by atoms with E-state index in [4.69, 9.17) is 9.72 Å². The van der Waals surface area contributed by atoms with Crippen LogP contribution in [0.15, 0.2) is 16.2 Å². The molecule has 31 heavy (non-hydrogen) atoms. The van der Waals surface area contributed by atoms with E-state index < -0.39 is 0 Å². The Morgan fingerprint density at radius 1 is 1.19 bits per heavy atom. The lowest BCUT2D eigenvalue weighted by Gasteiger charge is -2.39. The van der Waals surface area contributed by atoms with Gasteiger partial charge in [0, 0.05) is 48.4 Å². The summed E-state index contributed by atoms with van der Waals surface area (Å²) in [6.07, 6.45) is 4.95. The van der Waals surface area contributed by atoms with Gasteiger partial charge in [0.05, 0.1) is 23.4 Å². The number of aromatic amines is 1. The van der Waals surface area contributed by atoms with Crippen LogP contribution in [0.1, 0.15) is 63.9 Å². The zero-order valence-electron chi connectivity index (χ0n) is 18.1. The Kier molecular flexibility index (Phi) is 5.95. The van der Waals surface area contributed by atoms with E-state index >= 15 is 0 Å². The molecule has 0 bridgehead atoms. The molecule has 8 heteroatoms. The molecule has 7 nitrogen and oxygen atoms in total. The van der Waals surface area contributed by atoms with Crippen LogP contribution in [-0.4, -0.2) is 64.6 Å². The number of nitrogens with one attached hydrogen (secondary N) is 1. The highest BCUT2D eigenvalue weighted by Crippen LogP contribution is 2.29. The van der Waals surface area contributed by atoms with Crippen molar-refractivity contribution in [2.75, 3.05) is 32.8 Å². The maximum absolute atomic E-state index is 12.9. The lowest BCUT2D eigenvalue weighted by Crippen LogP contribution is -2.44. The van der Waals surface area contributed by atoms with Gasteiger partial charge in [0.25, 0.3) is 11.5 Å². The van der Waals surface area contributed by atoms with Crippen LogP contribution in [0.4, 0.5) is 0 Å². The quantitative estimate of drug-likeness (QED) is 0.791. The van der Waals surface area contributed by atoms with Gasteiger partial charge in [-0.3, -0.25) is 9.59 Å². The summed E-state index contributed by atoms with van der Waals surface area (Å²) in [5, 5.41) is 1.89. The van der Waals surface area contributed by atoms with Crippen molar-refractivity contribution in [3.63, 3.8) is 0 Å². The number of likely N-dealkylation sites (tertiary alicyclic amines) is 1. The number of piperidine rings is 1. The number of ether oxygens (including phenoxy) is 1. The highest BCUT2D eigenvalue weighted by Gasteiger charge is 2.30. The molecule has 2 fully saturated rings. The number of hydrogen-bond donors (Lipinski definition) is 1. The van der Waals surface area contributed by atoms with E-state index in [0.29, 0.717) is 42.6 Å². The number of rotatable bonds is 3. The minimum atomic E-state index is -0.0779. The molecule has 0 radical (unpaired) electrons. The van der Waals surface area contributed by atoms with Crippen molar-refractivity contribution in [1.82, 2.24) is 19.8 Å². The van der Waals surface area contributed by atoms with Crippen LogP contribution in [0, 0.1) is 6.92 Å². The first-order valence-electron chi connectivity index (χ1n) is 11.4. The molecule has 0 aromatic carbocycles. The largest absolute Gasteiger partial charge is 0.381 e. The van der Waals surface area contributed by atoms with Crippen LogP contribution in [0.2, 0.25) is 0 Å². The van der Waals surface area contributed by atoms with Crippen LogP contribution < -0.4 is 5.56 Å². The van der Waals surface area contributed by atoms with Crippen LogP contribution in [0.25, 0.3) is 0 Å². The number of aryl methyl sites for hydroxylation is 1. The van der Waals surface area contributed by atoms with Crippen molar-refractivity contribution in [2.24, 2.45) is 0 Å². The van der Waals surface area contributed by atoms with E-state index in [1.807, 2.05) is 18.4 Å². The summed E-state index contributed by atoms with van der Waals surface area (Å²) in [7, 11) is 0. The van der Waals surface area contributed by atoms with Gasteiger partial charge in [-0.2, -0.15) is 0 Å². The molecule has 1 N–H and O–H groups in total. The van der Waals surface area contributed by atoms with E-state index in [1.54, 1.807) is 16.2 Å². The Labute approximate surface area is 186 Å². The molecule has 166 valence electrons. The van der Waals surface area contributed by atoms with Crippen LogP contribution in [0.5, 0.6) is 0 Å². The smallest absolute Gasteiger partial charge is 0.256 e. The minimum absolute atomic E-state index is 0.000962. The second-order valence-corrected chi connectivity index (χ2v) is 10.1. The molecule has 2 aromatic rings. The van der Waals surface area contributed by atoms with Gasteiger partial charge in [0.2, 0.25) is 0 Å². The van der Waals surface area contributed by atoms with Gasteiger partial charge < -0.3 is 19.5 Å². The Hall–Kier alpha value is -2.03. The average Bonchev–Trinajstić information content (AvgIpc) is 3.25. The Balaban J connectivity index is 1.26. The summed E-state index contributed by atoms with van der Waals surface area (Å²) in [5.41, 5.74) is 2.15. The van der Waals surface area contributed by atoms with Gasteiger partial charge in [0.15, 0.2) is 0 Å². The first kappa shape index (κ1) is 20.8. The Morgan fingerprint density at radius 2 is 1.97 bits per heavy atom. The average molecular weight is 443 g/mol. The topological polar surface area (TPSA) is 78.5 Å². The van der Waals surface area contributed by atoms with Gasteiger partial charge in [0.1, 0.15) is 5.82 Å². The first-order chi connectivity index (χ1) is 15.1. The summed E-state index contributed by atoms with van der Waals surface area (Å²) in [6.45, 7) is 6.80. The van der Waals surface area contributed by atoms with Crippen LogP contribution in [0.3, 0.4) is 0 Å². The number of hydrogen-bond acceptors (Lipinski definition) is 6. The van der Waals surface area contributed by atoms with Crippen LogP contribution in [-0.2, 0) is 17.7 Å². The highest BCUT2D eigenvalue weighted by molar-refractivity contribution is 7.10. The molecule has 1 amide bonds. The van der Waals surface area contributed by atoms with Crippen LogP contribution >= 0.6 is 11.3 Å². The molecule has 0 spiro atoms. The number of carbonyl (C=O) groups excluding carboxylic acids is 1. The zero-order valence-corrected chi connectivity index (χ0v) is 18.9. The third-order valence-corrected chi connectivity index (χ3v) is 7.84. The minimum Gasteiger partial charge on any atom is -0.381 e.